The first-order chi connectivity index (χ1) is 9.06. The largest absolute Gasteiger partial charge is 0.479 e. The molecule has 2 rings (SSSR count). The molecule has 2 heterocycles. The van der Waals surface area contributed by atoms with Crippen molar-refractivity contribution in [1.82, 2.24) is 14.7 Å². The lowest BCUT2D eigenvalue weighted by Gasteiger charge is -2.35. The molecule has 0 aromatic heterocycles. The standard InChI is InChI=1S/C12H21N3O4/c1-13-2-4-15(5-3-13)11(16)9-14-6-7-19-10(8-14)12(17)18/h10H,2-9H2,1H3,(H,17,18). The van der Waals surface area contributed by atoms with E-state index in [0.29, 0.717) is 13.2 Å². The van der Waals surface area contributed by atoms with Gasteiger partial charge in [0.05, 0.1) is 13.2 Å². The number of carbonyl (C=O) groups is 2. The number of amides is 1. The van der Waals surface area contributed by atoms with Gasteiger partial charge in [-0.05, 0) is 7.05 Å². The van der Waals surface area contributed by atoms with Gasteiger partial charge in [0.2, 0.25) is 5.91 Å². The van der Waals surface area contributed by atoms with Crippen LogP contribution in [0.5, 0.6) is 0 Å². The summed E-state index contributed by atoms with van der Waals surface area (Å²) in [5, 5.41) is 8.92. The van der Waals surface area contributed by atoms with Crippen molar-refractivity contribution in [2.24, 2.45) is 0 Å². The highest BCUT2D eigenvalue weighted by Crippen LogP contribution is 2.07. The predicted octanol–water partition coefficient (Wildman–Crippen LogP) is -1.45. The molecule has 1 atom stereocenters. The molecule has 2 aliphatic rings. The van der Waals surface area contributed by atoms with E-state index in [-0.39, 0.29) is 19.0 Å². The number of carboxylic acids is 1. The monoisotopic (exact) mass is 271 g/mol. The maximum Gasteiger partial charge on any atom is 0.334 e. The van der Waals surface area contributed by atoms with Crippen molar-refractivity contribution in [1.29, 1.82) is 0 Å². The average molecular weight is 271 g/mol. The minimum absolute atomic E-state index is 0.0825. The summed E-state index contributed by atoms with van der Waals surface area (Å²) in [6, 6.07) is 0. The van der Waals surface area contributed by atoms with Gasteiger partial charge in [0.25, 0.3) is 0 Å². The molecule has 0 aliphatic carbocycles. The molecule has 0 saturated carbocycles. The molecule has 2 fully saturated rings. The van der Waals surface area contributed by atoms with Gasteiger partial charge in [0.15, 0.2) is 6.10 Å². The Labute approximate surface area is 112 Å². The lowest BCUT2D eigenvalue weighted by molar-refractivity contribution is -0.157. The third kappa shape index (κ3) is 3.89. The molecule has 108 valence electrons. The molecule has 1 amide bonds. The number of hydrogen-bond donors (Lipinski definition) is 1. The molecule has 0 aromatic rings. The van der Waals surface area contributed by atoms with Gasteiger partial charge in [0.1, 0.15) is 0 Å². The number of rotatable bonds is 3. The summed E-state index contributed by atoms with van der Waals surface area (Å²) in [5.74, 6) is -0.879. The van der Waals surface area contributed by atoms with Crippen molar-refractivity contribution >= 4 is 11.9 Å². The fourth-order valence-corrected chi connectivity index (χ4v) is 2.34. The molecule has 0 aromatic carbocycles. The van der Waals surface area contributed by atoms with Crippen molar-refractivity contribution in [3.05, 3.63) is 0 Å². The van der Waals surface area contributed by atoms with Crippen LogP contribution in [-0.4, -0.2) is 97.3 Å². The average Bonchev–Trinajstić information content (AvgIpc) is 2.39. The first-order valence-corrected chi connectivity index (χ1v) is 6.59. The van der Waals surface area contributed by atoms with Gasteiger partial charge in [0, 0.05) is 39.3 Å². The number of aliphatic carboxylic acids is 1. The van der Waals surface area contributed by atoms with Crippen LogP contribution in [0.15, 0.2) is 0 Å². The van der Waals surface area contributed by atoms with E-state index < -0.39 is 12.1 Å². The zero-order valence-corrected chi connectivity index (χ0v) is 11.2. The van der Waals surface area contributed by atoms with Crippen LogP contribution < -0.4 is 0 Å². The normalized spacial score (nSPS) is 26.4. The van der Waals surface area contributed by atoms with Crippen molar-refractivity contribution < 1.29 is 19.4 Å². The molecule has 0 radical (unpaired) electrons. The number of likely N-dealkylation sites (N-methyl/N-ethyl adjacent to an activating group) is 1. The molecular formula is C12H21N3O4. The van der Waals surface area contributed by atoms with E-state index in [9.17, 15) is 9.59 Å². The van der Waals surface area contributed by atoms with Crippen LogP contribution in [-0.2, 0) is 14.3 Å². The first kappa shape index (κ1) is 14.2. The summed E-state index contributed by atoms with van der Waals surface area (Å²) >= 11 is 0. The lowest BCUT2D eigenvalue weighted by Crippen LogP contribution is -2.53. The van der Waals surface area contributed by atoms with Gasteiger partial charge in [-0.25, -0.2) is 4.79 Å². The quantitative estimate of drug-likeness (QED) is 0.677. The molecule has 7 nitrogen and oxygen atoms in total. The number of morpholine rings is 1. The van der Waals surface area contributed by atoms with E-state index in [1.165, 1.54) is 0 Å². The summed E-state index contributed by atoms with van der Waals surface area (Å²) in [6.45, 7) is 4.85. The maximum atomic E-state index is 12.1. The van der Waals surface area contributed by atoms with E-state index in [1.807, 2.05) is 16.8 Å². The van der Waals surface area contributed by atoms with E-state index >= 15 is 0 Å². The summed E-state index contributed by atoms with van der Waals surface area (Å²) in [4.78, 5) is 28.9. The van der Waals surface area contributed by atoms with Crippen LogP contribution in [0.3, 0.4) is 0 Å². The maximum absolute atomic E-state index is 12.1. The van der Waals surface area contributed by atoms with Crippen LogP contribution in [0.25, 0.3) is 0 Å². The number of hydrogen-bond acceptors (Lipinski definition) is 5. The van der Waals surface area contributed by atoms with Crippen molar-refractivity contribution in [2.45, 2.75) is 6.10 Å². The first-order valence-electron chi connectivity index (χ1n) is 6.59. The van der Waals surface area contributed by atoms with Gasteiger partial charge in [-0.1, -0.05) is 0 Å². The highest BCUT2D eigenvalue weighted by atomic mass is 16.5. The van der Waals surface area contributed by atoms with Crippen LogP contribution in [0.1, 0.15) is 0 Å². The number of nitrogens with zero attached hydrogens (tertiary/aromatic N) is 3. The zero-order valence-electron chi connectivity index (χ0n) is 11.2. The predicted molar refractivity (Wildman–Crippen MR) is 67.9 cm³/mol. The van der Waals surface area contributed by atoms with Gasteiger partial charge in [-0.2, -0.15) is 0 Å². The second kappa shape index (κ2) is 6.31. The number of carbonyl (C=O) groups excluding carboxylic acids is 1. The van der Waals surface area contributed by atoms with Gasteiger partial charge >= 0.3 is 5.97 Å². The number of carboxylic acid groups (broad SMARTS) is 1. The summed E-state index contributed by atoms with van der Waals surface area (Å²) < 4.78 is 5.14. The molecular weight excluding hydrogens is 250 g/mol. The molecule has 0 bridgehead atoms. The molecule has 2 saturated heterocycles. The van der Waals surface area contributed by atoms with Crippen LogP contribution in [0.2, 0.25) is 0 Å². The van der Waals surface area contributed by atoms with Gasteiger partial charge in [-0.15, -0.1) is 0 Å². The van der Waals surface area contributed by atoms with E-state index in [1.54, 1.807) is 0 Å². The van der Waals surface area contributed by atoms with Crippen LogP contribution in [0.4, 0.5) is 0 Å². The lowest BCUT2D eigenvalue weighted by atomic mass is 10.2. The summed E-state index contributed by atoms with van der Waals surface area (Å²) in [7, 11) is 2.04. The SMILES string of the molecule is CN1CCN(C(=O)CN2CCOC(C(=O)O)C2)CC1. The third-order valence-electron chi connectivity index (χ3n) is 3.64. The number of ether oxygens (including phenoxy) is 1. The molecule has 7 heteroatoms. The Morgan fingerprint density at radius 1 is 1.21 bits per heavy atom. The fraction of sp³-hybridized carbons (Fsp3) is 0.833. The third-order valence-corrected chi connectivity index (χ3v) is 3.64. The van der Waals surface area contributed by atoms with E-state index in [2.05, 4.69) is 4.90 Å². The topological polar surface area (TPSA) is 73.3 Å². The van der Waals surface area contributed by atoms with Gasteiger partial charge in [-0.3, -0.25) is 9.69 Å². The highest BCUT2D eigenvalue weighted by Gasteiger charge is 2.28. The smallest absolute Gasteiger partial charge is 0.334 e. The highest BCUT2D eigenvalue weighted by molar-refractivity contribution is 5.78. The van der Waals surface area contributed by atoms with E-state index in [4.69, 9.17) is 9.84 Å². The Balaban J connectivity index is 1.80. The Morgan fingerprint density at radius 3 is 2.53 bits per heavy atom. The van der Waals surface area contributed by atoms with E-state index in [0.717, 1.165) is 26.2 Å². The van der Waals surface area contributed by atoms with Crippen molar-refractivity contribution in [2.75, 3.05) is 59.5 Å². The van der Waals surface area contributed by atoms with Gasteiger partial charge < -0.3 is 19.6 Å². The van der Waals surface area contributed by atoms with Crippen LogP contribution in [0, 0.1) is 0 Å². The molecule has 2 aliphatic heterocycles. The second-order valence-electron chi connectivity index (χ2n) is 5.12. The molecule has 0 spiro atoms. The molecule has 1 N–H and O–H groups in total. The summed E-state index contributed by atoms with van der Waals surface area (Å²) in [5.41, 5.74) is 0. The van der Waals surface area contributed by atoms with Crippen molar-refractivity contribution in [3.8, 4) is 0 Å². The van der Waals surface area contributed by atoms with Crippen molar-refractivity contribution in [3.63, 3.8) is 0 Å². The zero-order chi connectivity index (χ0) is 13.8. The fourth-order valence-electron chi connectivity index (χ4n) is 2.34. The Kier molecular flexibility index (Phi) is 4.73. The minimum atomic E-state index is -0.961. The molecule has 1 unspecified atom stereocenters. The Morgan fingerprint density at radius 2 is 1.89 bits per heavy atom. The Hall–Kier alpha value is -1.18. The Bertz CT molecular complexity index is 342. The number of piperazine rings is 1. The second-order valence-corrected chi connectivity index (χ2v) is 5.12. The molecule has 19 heavy (non-hydrogen) atoms. The minimum Gasteiger partial charge on any atom is -0.479 e. The van der Waals surface area contributed by atoms with Crippen LogP contribution >= 0.6 is 0 Å². The summed E-state index contributed by atoms with van der Waals surface area (Å²) in [6.07, 6.45) is -0.811.